The number of piperidine rings is 1. The summed E-state index contributed by atoms with van der Waals surface area (Å²) in [5, 5.41) is 5.06. The third kappa shape index (κ3) is 3.99. The van der Waals surface area contributed by atoms with Crippen molar-refractivity contribution in [3.05, 3.63) is 67.2 Å². The molecule has 4 heterocycles. The summed E-state index contributed by atoms with van der Waals surface area (Å²) in [5.74, 6) is 1.12. The quantitative estimate of drug-likeness (QED) is 0.262. The number of carbonyl (C=O) groups excluding carboxylic acids is 1. The van der Waals surface area contributed by atoms with Crippen molar-refractivity contribution in [3.63, 3.8) is 0 Å². The lowest BCUT2D eigenvalue weighted by Crippen LogP contribution is -2.41. The molecule has 4 aromatic rings. The van der Waals surface area contributed by atoms with E-state index in [1.165, 1.54) is 0 Å². The first kappa shape index (κ1) is 21.3. The maximum absolute atomic E-state index is 13.3. The van der Waals surface area contributed by atoms with Gasteiger partial charge in [-0.3, -0.25) is 9.59 Å². The number of aromatic amines is 1. The molecular weight excluding hydrogens is 585 g/mol. The summed E-state index contributed by atoms with van der Waals surface area (Å²) in [6, 6.07) is 11.5. The Hall–Kier alpha value is -2.53. The highest BCUT2D eigenvalue weighted by molar-refractivity contribution is 14.1. The van der Waals surface area contributed by atoms with Crippen molar-refractivity contribution in [3.8, 4) is 0 Å². The second-order valence-corrected chi connectivity index (χ2v) is 9.88. The number of amides is 1. The van der Waals surface area contributed by atoms with Gasteiger partial charge in [-0.25, -0.2) is 9.97 Å². The minimum atomic E-state index is -0.202. The van der Waals surface area contributed by atoms with Crippen LogP contribution in [0, 0.1) is 9.49 Å². The molecule has 0 radical (unpaired) electrons. The SMILES string of the molecule is O=C(Nc1nc2c(I)c[nH]c(=O)c2c2cc(Br)ccc12)[C@H]1CCCN(c2ccccn2)C1. The first-order valence-electron chi connectivity index (χ1n) is 10.3. The summed E-state index contributed by atoms with van der Waals surface area (Å²) in [4.78, 5) is 39.9. The molecule has 0 aliphatic carbocycles. The molecular formula is C23H19BrIN5O2. The van der Waals surface area contributed by atoms with E-state index in [1.54, 1.807) is 12.4 Å². The Morgan fingerprint density at radius 1 is 1.25 bits per heavy atom. The molecule has 0 bridgehead atoms. The molecule has 9 heteroatoms. The van der Waals surface area contributed by atoms with Crippen LogP contribution in [0.5, 0.6) is 0 Å². The van der Waals surface area contributed by atoms with E-state index in [9.17, 15) is 9.59 Å². The van der Waals surface area contributed by atoms with Crippen LogP contribution >= 0.6 is 38.5 Å². The van der Waals surface area contributed by atoms with Gasteiger partial charge in [0, 0.05) is 40.7 Å². The topological polar surface area (TPSA) is 91.0 Å². The maximum atomic E-state index is 13.3. The Balaban J connectivity index is 1.51. The standard InChI is InChI=1S/C23H19BrIN5O2/c24-14-6-7-15-16(10-14)19-20(17(25)11-27-23(19)32)28-21(15)29-22(31)13-4-3-9-30(12-13)18-5-1-2-8-26-18/h1-2,5-8,10-11,13H,3-4,9,12H2,(H,27,32)(H,28,29,31)/t13-/m0/s1. The number of rotatable bonds is 3. The van der Waals surface area contributed by atoms with Crippen molar-refractivity contribution in [2.24, 2.45) is 5.92 Å². The molecule has 0 unspecified atom stereocenters. The molecule has 2 N–H and O–H groups in total. The van der Waals surface area contributed by atoms with Crippen LogP contribution in [0.4, 0.5) is 11.6 Å². The number of anilines is 2. The van der Waals surface area contributed by atoms with E-state index in [0.717, 1.165) is 44.0 Å². The Labute approximate surface area is 205 Å². The molecule has 32 heavy (non-hydrogen) atoms. The number of hydrogen-bond donors (Lipinski definition) is 2. The van der Waals surface area contributed by atoms with Gasteiger partial charge in [0.1, 0.15) is 11.6 Å². The molecule has 1 fully saturated rings. The number of pyridine rings is 3. The van der Waals surface area contributed by atoms with Crippen LogP contribution in [0.3, 0.4) is 0 Å². The van der Waals surface area contributed by atoms with Gasteiger partial charge >= 0.3 is 0 Å². The van der Waals surface area contributed by atoms with E-state index in [-0.39, 0.29) is 17.4 Å². The Kier molecular flexibility index (Phi) is 5.85. The first-order chi connectivity index (χ1) is 15.5. The fourth-order valence-corrected chi connectivity index (χ4v) is 5.12. The van der Waals surface area contributed by atoms with Crippen molar-refractivity contribution < 1.29 is 4.79 Å². The molecule has 3 aromatic heterocycles. The summed E-state index contributed by atoms with van der Waals surface area (Å²) in [7, 11) is 0. The Morgan fingerprint density at radius 3 is 2.94 bits per heavy atom. The van der Waals surface area contributed by atoms with Crippen LogP contribution in [0.2, 0.25) is 0 Å². The number of carbonyl (C=O) groups is 1. The van der Waals surface area contributed by atoms with E-state index in [1.807, 2.05) is 36.4 Å². The van der Waals surface area contributed by atoms with Crippen LogP contribution in [0.15, 0.2) is 58.1 Å². The molecule has 1 saturated heterocycles. The van der Waals surface area contributed by atoms with E-state index in [2.05, 4.69) is 58.7 Å². The van der Waals surface area contributed by atoms with Crippen molar-refractivity contribution >= 4 is 77.7 Å². The number of aromatic nitrogens is 3. The van der Waals surface area contributed by atoms with Crippen LogP contribution in [-0.2, 0) is 4.79 Å². The van der Waals surface area contributed by atoms with Gasteiger partial charge in [-0.1, -0.05) is 22.0 Å². The number of halogens is 2. The minimum Gasteiger partial charge on any atom is -0.356 e. The van der Waals surface area contributed by atoms with Crippen molar-refractivity contribution in [1.29, 1.82) is 0 Å². The second kappa shape index (κ2) is 8.78. The normalized spacial score (nSPS) is 16.4. The van der Waals surface area contributed by atoms with Gasteiger partial charge in [0.2, 0.25) is 5.91 Å². The van der Waals surface area contributed by atoms with Gasteiger partial charge in [0.05, 0.1) is 20.4 Å². The number of hydrogen-bond acceptors (Lipinski definition) is 5. The molecule has 0 spiro atoms. The highest BCUT2D eigenvalue weighted by atomic mass is 127. The minimum absolute atomic E-state index is 0.0680. The van der Waals surface area contributed by atoms with Gasteiger partial charge in [-0.2, -0.15) is 0 Å². The highest BCUT2D eigenvalue weighted by Crippen LogP contribution is 2.32. The van der Waals surface area contributed by atoms with E-state index in [0.29, 0.717) is 23.3 Å². The van der Waals surface area contributed by atoms with Gasteiger partial charge in [-0.05, 0) is 65.8 Å². The lowest BCUT2D eigenvalue weighted by molar-refractivity contribution is -0.120. The summed E-state index contributed by atoms with van der Waals surface area (Å²) >= 11 is 5.64. The monoisotopic (exact) mass is 603 g/mol. The summed E-state index contributed by atoms with van der Waals surface area (Å²) < 4.78 is 1.67. The summed E-state index contributed by atoms with van der Waals surface area (Å²) in [5.41, 5.74) is 0.376. The van der Waals surface area contributed by atoms with E-state index < -0.39 is 0 Å². The molecule has 0 saturated carbocycles. The third-order valence-corrected chi connectivity index (χ3v) is 7.07. The lowest BCUT2D eigenvalue weighted by Gasteiger charge is -2.32. The zero-order chi connectivity index (χ0) is 22.2. The zero-order valence-electron chi connectivity index (χ0n) is 16.9. The predicted molar refractivity (Wildman–Crippen MR) is 138 cm³/mol. The smallest absolute Gasteiger partial charge is 0.258 e. The Bertz CT molecular complexity index is 1390. The van der Waals surface area contributed by atoms with E-state index in [4.69, 9.17) is 4.98 Å². The summed E-state index contributed by atoms with van der Waals surface area (Å²) in [6.07, 6.45) is 5.13. The molecule has 1 atom stereocenters. The Morgan fingerprint density at radius 2 is 2.12 bits per heavy atom. The van der Waals surface area contributed by atoms with Crippen LogP contribution in [-0.4, -0.2) is 33.9 Å². The molecule has 1 aromatic carbocycles. The van der Waals surface area contributed by atoms with E-state index >= 15 is 0 Å². The number of H-pyrrole nitrogens is 1. The van der Waals surface area contributed by atoms with Crippen LogP contribution in [0.25, 0.3) is 21.7 Å². The predicted octanol–water partition coefficient (Wildman–Crippen LogP) is 4.69. The highest BCUT2D eigenvalue weighted by Gasteiger charge is 2.27. The average molecular weight is 604 g/mol. The largest absolute Gasteiger partial charge is 0.356 e. The van der Waals surface area contributed by atoms with Gasteiger partial charge in [0.25, 0.3) is 5.56 Å². The summed E-state index contributed by atoms with van der Waals surface area (Å²) in [6.45, 7) is 1.49. The first-order valence-corrected chi connectivity index (χ1v) is 12.2. The molecule has 7 nitrogen and oxygen atoms in total. The van der Waals surface area contributed by atoms with Gasteiger partial charge in [-0.15, -0.1) is 0 Å². The maximum Gasteiger partial charge on any atom is 0.258 e. The fourth-order valence-electron chi connectivity index (χ4n) is 4.21. The zero-order valence-corrected chi connectivity index (χ0v) is 20.7. The number of nitrogens with zero attached hydrogens (tertiary/aromatic N) is 3. The van der Waals surface area contributed by atoms with Crippen LogP contribution < -0.4 is 15.8 Å². The molecule has 1 aliphatic heterocycles. The number of nitrogens with one attached hydrogen (secondary N) is 2. The third-order valence-electron chi connectivity index (χ3n) is 5.76. The average Bonchev–Trinajstić information content (AvgIpc) is 2.82. The molecule has 1 amide bonds. The van der Waals surface area contributed by atoms with Crippen molar-refractivity contribution in [2.75, 3.05) is 23.3 Å². The second-order valence-electron chi connectivity index (χ2n) is 7.80. The molecule has 162 valence electrons. The van der Waals surface area contributed by atoms with Crippen molar-refractivity contribution in [1.82, 2.24) is 15.0 Å². The molecule has 1 aliphatic rings. The molecule has 5 rings (SSSR count). The lowest BCUT2D eigenvalue weighted by atomic mass is 9.97. The number of fused-ring (bicyclic) bond motifs is 3. The van der Waals surface area contributed by atoms with Crippen molar-refractivity contribution in [2.45, 2.75) is 12.8 Å². The van der Waals surface area contributed by atoms with Gasteiger partial charge in [0.15, 0.2) is 0 Å². The van der Waals surface area contributed by atoms with Gasteiger partial charge < -0.3 is 15.2 Å². The fraction of sp³-hybridized carbons (Fsp3) is 0.217. The van der Waals surface area contributed by atoms with Crippen LogP contribution in [0.1, 0.15) is 12.8 Å². The number of benzene rings is 1.